The van der Waals surface area contributed by atoms with Crippen LogP contribution in [0.15, 0.2) is 165 Å². The molecule has 6 aliphatic rings. The number of rotatable bonds is 19. The van der Waals surface area contributed by atoms with Crippen molar-refractivity contribution in [2.45, 2.75) is 172 Å². The van der Waals surface area contributed by atoms with Crippen LogP contribution < -0.4 is 65.5 Å². The smallest absolute Gasteiger partial charge is 0.327 e. The molecule has 37 nitrogen and oxygen atoms in total. The zero-order valence-electron chi connectivity index (χ0n) is 71.4. The van der Waals surface area contributed by atoms with Crippen LogP contribution in [0.4, 0.5) is 102 Å². The van der Waals surface area contributed by atoms with Crippen molar-refractivity contribution in [3.05, 3.63) is 188 Å². The molecule has 0 saturated heterocycles. The van der Waals surface area contributed by atoms with Crippen molar-refractivity contribution < 1.29 is 50.4 Å². The molecule has 3 aromatic carbocycles. The fourth-order valence-corrected chi connectivity index (χ4v) is 15.7. The molecule has 16 N–H and O–H groups in total. The van der Waals surface area contributed by atoms with Crippen LogP contribution in [-0.4, -0.2) is 108 Å². The second-order valence-corrected chi connectivity index (χ2v) is 34.9. The van der Waals surface area contributed by atoms with Gasteiger partial charge in [-0.3, -0.25) is 26.6 Å². The monoisotopic (exact) mass is 1760 g/mol. The molecule has 6 fully saturated rings. The molecule has 0 unspecified atom stereocenters. The van der Waals surface area contributed by atoms with Crippen molar-refractivity contribution in [2.75, 3.05) is 65.5 Å². The number of nitrogens with two attached hydrogens (primary N) is 4. The first-order chi connectivity index (χ1) is 62.6. The van der Waals surface area contributed by atoms with Gasteiger partial charge in [0.2, 0.25) is 23.5 Å². The number of urea groups is 4. The maximum Gasteiger partial charge on any atom is 0.327 e. The highest BCUT2D eigenvalue weighted by molar-refractivity contribution is 6.07. The summed E-state index contributed by atoms with van der Waals surface area (Å²) in [7, 11) is 0. The van der Waals surface area contributed by atoms with Crippen LogP contribution in [0.1, 0.15) is 172 Å². The summed E-state index contributed by atoms with van der Waals surface area (Å²) < 4.78 is 73.7. The van der Waals surface area contributed by atoms with Crippen LogP contribution in [0.3, 0.4) is 0 Å². The van der Waals surface area contributed by atoms with Crippen molar-refractivity contribution in [1.82, 2.24) is 83.8 Å². The van der Waals surface area contributed by atoms with Crippen molar-refractivity contribution in [1.29, 1.82) is 0 Å². The first-order valence-electron chi connectivity index (χ1n) is 42.6. The number of hydrogen-bond donors (Lipinski definition) is 12. The van der Waals surface area contributed by atoms with Gasteiger partial charge in [-0.05, 0) is 149 Å². The molecule has 0 radical (unpaired) electrons. The highest BCUT2D eigenvalue weighted by Crippen LogP contribution is 2.50. The predicted octanol–water partition coefficient (Wildman–Crippen LogP) is 18.8. The van der Waals surface area contributed by atoms with E-state index >= 15 is 0 Å². The third-order valence-electron chi connectivity index (χ3n) is 24.1. The Morgan fingerprint density at radius 3 is 1.04 bits per heavy atom. The van der Waals surface area contributed by atoms with Crippen LogP contribution in [0.25, 0.3) is 88.6 Å². The van der Waals surface area contributed by atoms with E-state index in [0.29, 0.717) is 110 Å². The fraction of sp³-hybridized carbons (Fsp3) is 0.300. The summed E-state index contributed by atoms with van der Waals surface area (Å²) in [5, 5.41) is 39.3. The SMILES string of the molecule is CC(C)(C)c1cc(NC(=O)Nc2ccc(-c3cn(C4CC4)c4ncnc(N)c34)cc2F)on1.CC1(c2cc(NC(=O)Nc3ccc(-c4cn(C5CC5)c5ncnc(N)c45)cc3F)on2)CCC1.CC1(c2cc(NC(=O)Nc3ccc(-c4cn(C5CC5)c5ncnc(N)c45)cn3)on2)CC1.CCc1cc(NC(=O)Nc2ccc(-c3cn(C4CC4)c4ncnc(N)c34)cc2F)on1. The lowest BCUT2D eigenvalue weighted by Gasteiger charge is -2.35. The summed E-state index contributed by atoms with van der Waals surface area (Å²) in [6.07, 6.45) is 30.2. The lowest BCUT2D eigenvalue weighted by atomic mass is 9.68. The lowest BCUT2D eigenvalue weighted by molar-refractivity contribution is 0.251. The maximum atomic E-state index is 15.0. The molecule has 130 heavy (non-hydrogen) atoms. The minimum atomic E-state index is -0.638. The zero-order valence-corrected chi connectivity index (χ0v) is 71.4. The number of fused-ring (bicyclic) bond motifs is 4. The second-order valence-electron chi connectivity index (χ2n) is 34.9. The number of carbonyl (C=O) groups is 4. The number of benzene rings is 3. The molecule has 6 saturated carbocycles. The largest absolute Gasteiger partial charge is 0.383 e. The van der Waals surface area contributed by atoms with Crippen LogP contribution >= 0.6 is 0 Å². The number of nitrogen functional groups attached to an aromatic ring is 4. The Morgan fingerprint density at radius 1 is 0.400 bits per heavy atom. The number of nitrogens with one attached hydrogen (secondary N) is 8. The van der Waals surface area contributed by atoms with Crippen molar-refractivity contribution >= 4 is 138 Å². The van der Waals surface area contributed by atoms with E-state index in [-0.39, 0.29) is 51.0 Å². The molecule has 0 atom stereocenters. The molecule has 6 aliphatic carbocycles. The molecule has 13 heterocycles. The standard InChI is InChI=1S/C24H24FN7O2.C23H24FN7O2.C22H22N8O2.C21H20FN7O2/c1-24(7-2-8-24)18-10-19(34-31-18)30-23(33)29-17-6-3-13(9-16(17)25)15-11-32(14-4-5-14)22-20(15)21(26)27-12-28-22;1-23(2,3)17-9-18(33-30-17)29-22(32)28-16-7-4-12(8-15(16)24)14-10-31(13-5-6-13)21-19(14)20(25)26-11-27-21;1-22(6-7-22)15-8-17(32-29-15)28-21(31)27-16-5-2-12(9-24-16)14-10-30(13-3-4-13)20-18(14)19(23)25-11-26-20;1-2-12-8-17(31-28-12)27-21(30)26-16-6-3-11(7-15(16)22)14-9-29(13-4-5-13)20-18(14)19(23)24-10-25-20/h3,6,9-12,14H,2,4-5,7-8H2,1H3,(H2,26,27,28)(H2,29,30,33);4,7-11,13H,5-6H2,1-3H3,(H2,25,26,27)(H2,28,29,32);2,5,8-11,13H,3-4,6-7H2,1H3,(H2,23,25,26)(H2,24,27,28,31);3,6-10,13H,2,4-5H2,1H3,(H2,23,24,25)(H2,26,27,30). The molecule has 0 aliphatic heterocycles. The molecule has 664 valence electrons. The average Bonchev–Trinajstić information content (AvgIpc) is 1.61. The number of halogens is 3. The molecular formula is C90H90F3N29O8. The van der Waals surface area contributed by atoms with Gasteiger partial charge in [0.05, 0.1) is 61.4 Å². The van der Waals surface area contributed by atoms with Gasteiger partial charge in [-0.1, -0.05) is 86.8 Å². The average molecular weight is 1760 g/mol. The first kappa shape index (κ1) is 83.7. The topological polar surface area (TPSA) is 508 Å². The minimum absolute atomic E-state index is 0.00108. The van der Waals surface area contributed by atoms with E-state index in [0.717, 1.165) is 151 Å². The number of nitrogens with zero attached hydrogens (tertiary/aromatic N) is 17. The van der Waals surface area contributed by atoms with E-state index in [1.54, 1.807) is 54.7 Å². The molecule has 22 rings (SSSR count). The highest BCUT2D eigenvalue weighted by atomic mass is 19.1. The van der Waals surface area contributed by atoms with E-state index < -0.39 is 41.6 Å². The summed E-state index contributed by atoms with van der Waals surface area (Å²) in [6.45, 7) is 12.1. The van der Waals surface area contributed by atoms with E-state index in [9.17, 15) is 32.3 Å². The normalized spacial score (nSPS) is 15.3. The third kappa shape index (κ3) is 17.4. The molecule has 0 spiro atoms. The second kappa shape index (κ2) is 33.5. The van der Waals surface area contributed by atoms with Gasteiger partial charge in [0.25, 0.3) is 0 Å². The number of hydrogen-bond acceptors (Lipinski definition) is 25. The molecule has 0 bridgehead atoms. The van der Waals surface area contributed by atoms with Gasteiger partial charge in [0.15, 0.2) is 0 Å². The Morgan fingerprint density at radius 2 is 0.731 bits per heavy atom. The van der Waals surface area contributed by atoms with Gasteiger partial charge in [-0.25, -0.2) is 77.2 Å². The molecule has 8 amide bonds. The van der Waals surface area contributed by atoms with E-state index in [4.69, 9.17) is 41.0 Å². The van der Waals surface area contributed by atoms with Gasteiger partial charge in [-0.2, -0.15) is 0 Å². The number of amides is 8. The van der Waals surface area contributed by atoms with Crippen LogP contribution in [0.2, 0.25) is 0 Å². The molecular weight excluding hydrogens is 1670 g/mol. The van der Waals surface area contributed by atoms with E-state index in [1.165, 1.54) is 61.7 Å². The lowest BCUT2D eigenvalue weighted by Crippen LogP contribution is -2.30. The Kier molecular flexibility index (Phi) is 21.6. The van der Waals surface area contributed by atoms with Crippen molar-refractivity contribution in [3.8, 4) is 44.5 Å². The molecule has 13 aromatic heterocycles. The summed E-state index contributed by atoms with van der Waals surface area (Å²) in [4.78, 5) is 87.7. The van der Waals surface area contributed by atoms with Crippen LogP contribution in [-0.2, 0) is 22.7 Å². The number of anilines is 12. The van der Waals surface area contributed by atoms with Gasteiger partial charge < -0.3 is 75.2 Å². The van der Waals surface area contributed by atoms with Crippen LogP contribution in [0.5, 0.6) is 0 Å². The Balaban J connectivity index is 0.000000112. The van der Waals surface area contributed by atoms with Gasteiger partial charge in [-0.15, -0.1) is 0 Å². The predicted molar refractivity (Wildman–Crippen MR) is 483 cm³/mol. The van der Waals surface area contributed by atoms with Crippen molar-refractivity contribution in [2.24, 2.45) is 0 Å². The fourth-order valence-electron chi connectivity index (χ4n) is 15.7. The van der Waals surface area contributed by atoms with Gasteiger partial charge in [0.1, 0.15) is 94.4 Å². The summed E-state index contributed by atoms with van der Waals surface area (Å²) in [5.74, 6) is 1.06. The highest BCUT2D eigenvalue weighted by Gasteiger charge is 2.43. The molecule has 40 heteroatoms. The van der Waals surface area contributed by atoms with Gasteiger partial charge >= 0.3 is 24.1 Å². The molecule has 16 aromatic rings. The van der Waals surface area contributed by atoms with E-state index in [1.807, 2.05) is 52.4 Å². The van der Waals surface area contributed by atoms with Gasteiger partial charge in [0, 0.05) is 123 Å². The summed E-state index contributed by atoms with van der Waals surface area (Å²) >= 11 is 0. The van der Waals surface area contributed by atoms with Crippen LogP contribution in [0, 0.1) is 17.5 Å². The summed E-state index contributed by atoms with van der Waals surface area (Å²) in [6, 6.07) is 23.4. The Labute approximate surface area is 737 Å². The minimum Gasteiger partial charge on any atom is -0.383 e. The number of aromatic nitrogens is 17. The Bertz CT molecular complexity index is 7070. The van der Waals surface area contributed by atoms with E-state index in [2.05, 4.69) is 146 Å². The quantitative estimate of drug-likeness (QED) is 0.0358. The zero-order chi connectivity index (χ0) is 90.2. The summed E-state index contributed by atoms with van der Waals surface area (Å²) in [5.41, 5.74) is 36.6. The Hall–Kier alpha value is -15.8. The number of pyridine rings is 1. The third-order valence-corrected chi connectivity index (χ3v) is 24.1. The van der Waals surface area contributed by atoms with Crippen molar-refractivity contribution in [3.63, 3.8) is 0 Å². The maximum absolute atomic E-state index is 15.0. The number of aryl methyl sites for hydroxylation is 1. The number of carbonyl (C=O) groups excluding carboxylic acids is 4. The first-order valence-corrected chi connectivity index (χ1v) is 42.6.